The zero-order chi connectivity index (χ0) is 8.74. The molecular weight excluding hydrogens is 168 g/mol. The molecule has 0 saturated heterocycles. The van der Waals surface area contributed by atoms with Crippen molar-refractivity contribution in [2.75, 3.05) is 6.61 Å². The minimum absolute atomic E-state index is 0.475. The molecule has 4 nitrogen and oxygen atoms in total. The molecule has 0 spiro atoms. The number of ether oxygens (including phenoxy) is 1. The van der Waals surface area contributed by atoms with Crippen molar-refractivity contribution in [3.05, 3.63) is 11.7 Å². The number of hydrogen-bond donors (Lipinski definition) is 1. The molecule has 0 atom stereocenters. The highest BCUT2D eigenvalue weighted by atomic mass is 32.2. The maximum absolute atomic E-state index is 10.1. The van der Waals surface area contributed by atoms with Gasteiger partial charge in [0.1, 0.15) is 0 Å². The summed E-state index contributed by atoms with van der Waals surface area (Å²) >= 11 is 0. The first kappa shape index (κ1) is 10.4. The molecule has 0 radical (unpaired) electrons. The summed E-state index contributed by atoms with van der Waals surface area (Å²) in [6.45, 7) is 2.47. The average molecular weight is 180 g/mol. The summed E-state index contributed by atoms with van der Waals surface area (Å²) in [5, 5.41) is 0.614. The Morgan fingerprint density at radius 2 is 2.18 bits per heavy atom. The second-order valence-corrected chi connectivity index (χ2v) is 3.31. The predicted molar refractivity (Wildman–Crippen MR) is 41.5 cm³/mol. The van der Waals surface area contributed by atoms with Gasteiger partial charge < -0.3 is 4.74 Å². The minimum atomic E-state index is -4.02. The van der Waals surface area contributed by atoms with Crippen LogP contribution in [0.15, 0.2) is 11.7 Å². The summed E-state index contributed by atoms with van der Waals surface area (Å²) in [4.78, 5) is 0. The van der Waals surface area contributed by atoms with Crippen LogP contribution in [-0.2, 0) is 14.9 Å². The zero-order valence-electron chi connectivity index (χ0n) is 6.36. The molecule has 0 aromatic rings. The predicted octanol–water partition coefficient (Wildman–Crippen LogP) is 1.16. The maximum Gasteiger partial charge on any atom is 0.290 e. The molecule has 1 N–H and O–H groups in total. The summed E-state index contributed by atoms with van der Waals surface area (Å²) in [6.07, 6.45) is 2.83. The standard InChI is InChI=1S/C6H12O4S/c1-2-3-4-10-5-6-11(7,8)9/h5-6H,2-4H2,1H3,(H,7,8,9). The van der Waals surface area contributed by atoms with E-state index in [1.807, 2.05) is 6.92 Å². The Morgan fingerprint density at radius 1 is 1.55 bits per heavy atom. The topological polar surface area (TPSA) is 63.6 Å². The van der Waals surface area contributed by atoms with Crippen molar-refractivity contribution in [2.45, 2.75) is 19.8 Å². The fourth-order valence-corrected chi connectivity index (χ4v) is 0.624. The molecule has 0 bridgehead atoms. The van der Waals surface area contributed by atoms with Gasteiger partial charge >= 0.3 is 0 Å². The van der Waals surface area contributed by atoms with Gasteiger partial charge in [0, 0.05) is 0 Å². The Hall–Kier alpha value is -0.550. The molecule has 0 amide bonds. The van der Waals surface area contributed by atoms with Crippen molar-refractivity contribution in [3.63, 3.8) is 0 Å². The van der Waals surface area contributed by atoms with Crippen LogP contribution < -0.4 is 0 Å². The highest BCUT2D eigenvalue weighted by Crippen LogP contribution is 1.90. The molecular formula is C6H12O4S. The van der Waals surface area contributed by atoms with Gasteiger partial charge in [0.05, 0.1) is 18.3 Å². The van der Waals surface area contributed by atoms with E-state index in [2.05, 4.69) is 0 Å². The van der Waals surface area contributed by atoms with Crippen LogP contribution in [0.2, 0.25) is 0 Å². The fraction of sp³-hybridized carbons (Fsp3) is 0.667. The van der Waals surface area contributed by atoms with Crippen molar-refractivity contribution in [2.24, 2.45) is 0 Å². The fourth-order valence-electron chi connectivity index (χ4n) is 0.405. The van der Waals surface area contributed by atoms with Crippen LogP contribution in [0, 0.1) is 0 Å². The zero-order valence-corrected chi connectivity index (χ0v) is 7.17. The highest BCUT2D eigenvalue weighted by Gasteiger charge is 1.93. The van der Waals surface area contributed by atoms with E-state index in [9.17, 15) is 8.42 Å². The lowest BCUT2D eigenvalue weighted by atomic mass is 10.4. The first-order valence-corrected chi connectivity index (χ1v) is 4.82. The third kappa shape index (κ3) is 9.45. The molecule has 0 heterocycles. The molecule has 0 rings (SSSR count). The summed E-state index contributed by atoms with van der Waals surface area (Å²) < 4.78 is 33.0. The highest BCUT2D eigenvalue weighted by molar-refractivity contribution is 7.88. The molecule has 0 fully saturated rings. The van der Waals surface area contributed by atoms with Gasteiger partial charge in [-0.3, -0.25) is 4.55 Å². The van der Waals surface area contributed by atoms with Crippen LogP contribution in [0.3, 0.4) is 0 Å². The van der Waals surface area contributed by atoms with Gasteiger partial charge in [-0.15, -0.1) is 0 Å². The monoisotopic (exact) mass is 180 g/mol. The first-order valence-electron chi connectivity index (χ1n) is 3.32. The molecule has 0 aliphatic rings. The van der Waals surface area contributed by atoms with Gasteiger partial charge in [-0.2, -0.15) is 8.42 Å². The molecule has 0 aromatic heterocycles. The van der Waals surface area contributed by atoms with Gasteiger partial charge in [-0.1, -0.05) is 13.3 Å². The lowest BCUT2D eigenvalue weighted by molar-refractivity contribution is 0.244. The van der Waals surface area contributed by atoms with Crippen LogP contribution in [-0.4, -0.2) is 19.6 Å². The van der Waals surface area contributed by atoms with Gasteiger partial charge in [0.15, 0.2) is 0 Å². The van der Waals surface area contributed by atoms with Gasteiger partial charge in [-0.25, -0.2) is 0 Å². The summed E-state index contributed by atoms with van der Waals surface area (Å²) in [5.41, 5.74) is 0. The Bertz CT molecular complexity index is 205. The van der Waals surface area contributed by atoms with Gasteiger partial charge in [0.25, 0.3) is 10.1 Å². The third-order valence-electron chi connectivity index (χ3n) is 0.939. The van der Waals surface area contributed by atoms with E-state index in [0.717, 1.165) is 19.1 Å². The molecule has 0 aliphatic heterocycles. The Morgan fingerprint density at radius 3 is 2.64 bits per heavy atom. The Kier molecular flexibility index (Phi) is 4.89. The third-order valence-corrected chi connectivity index (χ3v) is 1.39. The van der Waals surface area contributed by atoms with Crippen LogP contribution in [0.5, 0.6) is 0 Å². The van der Waals surface area contributed by atoms with Crippen molar-refractivity contribution in [1.29, 1.82) is 0 Å². The van der Waals surface area contributed by atoms with Crippen LogP contribution in [0.1, 0.15) is 19.8 Å². The maximum atomic E-state index is 10.1. The summed E-state index contributed by atoms with van der Waals surface area (Å²) in [7, 11) is -4.02. The molecule has 0 aromatic carbocycles. The second-order valence-electron chi connectivity index (χ2n) is 2.01. The lowest BCUT2D eigenvalue weighted by Crippen LogP contribution is -1.91. The molecule has 0 saturated carbocycles. The number of rotatable bonds is 5. The van der Waals surface area contributed by atoms with E-state index in [1.54, 1.807) is 0 Å². The van der Waals surface area contributed by atoms with Gasteiger partial charge in [-0.05, 0) is 6.42 Å². The van der Waals surface area contributed by atoms with Crippen LogP contribution in [0.4, 0.5) is 0 Å². The van der Waals surface area contributed by atoms with Crippen molar-refractivity contribution < 1.29 is 17.7 Å². The molecule has 0 unspecified atom stereocenters. The van der Waals surface area contributed by atoms with E-state index < -0.39 is 10.1 Å². The van der Waals surface area contributed by atoms with E-state index in [4.69, 9.17) is 9.29 Å². The largest absolute Gasteiger partial charge is 0.500 e. The first-order chi connectivity index (χ1) is 5.06. The number of unbranched alkanes of at least 4 members (excludes halogenated alkanes) is 1. The molecule has 66 valence electrons. The van der Waals surface area contributed by atoms with Crippen molar-refractivity contribution in [1.82, 2.24) is 0 Å². The van der Waals surface area contributed by atoms with E-state index >= 15 is 0 Å². The van der Waals surface area contributed by atoms with E-state index in [0.29, 0.717) is 12.0 Å². The summed E-state index contributed by atoms with van der Waals surface area (Å²) in [5.74, 6) is 0. The minimum Gasteiger partial charge on any atom is -0.500 e. The Labute approximate surface area is 66.6 Å². The van der Waals surface area contributed by atoms with Crippen LogP contribution >= 0.6 is 0 Å². The second kappa shape index (κ2) is 5.15. The van der Waals surface area contributed by atoms with E-state index in [1.165, 1.54) is 0 Å². The van der Waals surface area contributed by atoms with E-state index in [-0.39, 0.29) is 0 Å². The SMILES string of the molecule is CCCCOC=CS(=O)(=O)O. The number of hydrogen-bond acceptors (Lipinski definition) is 3. The normalized spacial score (nSPS) is 12.2. The van der Waals surface area contributed by atoms with Crippen molar-refractivity contribution in [3.8, 4) is 0 Å². The average Bonchev–Trinajstić information content (AvgIpc) is 1.85. The molecule has 0 aliphatic carbocycles. The molecule has 11 heavy (non-hydrogen) atoms. The molecule has 5 heteroatoms. The lowest BCUT2D eigenvalue weighted by Gasteiger charge is -1.95. The summed E-state index contributed by atoms with van der Waals surface area (Å²) in [6, 6.07) is 0. The Balaban J connectivity index is 3.46. The smallest absolute Gasteiger partial charge is 0.290 e. The quantitative estimate of drug-likeness (QED) is 0.392. The van der Waals surface area contributed by atoms with Gasteiger partial charge in [0.2, 0.25) is 0 Å². The van der Waals surface area contributed by atoms with Crippen molar-refractivity contribution >= 4 is 10.1 Å². The van der Waals surface area contributed by atoms with Crippen LogP contribution in [0.25, 0.3) is 0 Å².